The number of methoxy groups -OCH3 is 1. The average Bonchev–Trinajstić information content (AvgIpc) is 2.79. The smallest absolute Gasteiger partial charge is 0.227 e. The molecule has 7 heteroatoms. The number of aldehydes is 1. The van der Waals surface area contributed by atoms with E-state index in [1.165, 1.54) is 5.69 Å². The molecule has 1 atom stereocenters. The van der Waals surface area contributed by atoms with Gasteiger partial charge in [0, 0.05) is 43.8 Å². The van der Waals surface area contributed by atoms with E-state index in [4.69, 9.17) is 9.72 Å². The molecule has 2 aliphatic rings. The van der Waals surface area contributed by atoms with Crippen LogP contribution < -0.4 is 10.2 Å². The lowest BCUT2D eigenvalue weighted by molar-refractivity contribution is -0.108. The maximum Gasteiger partial charge on any atom is 0.227 e. The molecule has 164 valence electrons. The molecule has 1 N–H and O–H groups in total. The third-order valence-corrected chi connectivity index (χ3v) is 6.12. The van der Waals surface area contributed by atoms with E-state index in [1.54, 1.807) is 7.11 Å². The zero-order chi connectivity index (χ0) is 21.8. The van der Waals surface area contributed by atoms with Crippen LogP contribution in [0.3, 0.4) is 0 Å². The molecule has 0 spiro atoms. The molecule has 31 heavy (non-hydrogen) atoms. The van der Waals surface area contributed by atoms with Crippen LogP contribution in [0.2, 0.25) is 0 Å². The third kappa shape index (κ3) is 4.71. The van der Waals surface area contributed by atoms with Crippen molar-refractivity contribution in [1.29, 1.82) is 0 Å². The van der Waals surface area contributed by atoms with Gasteiger partial charge in [-0.1, -0.05) is 13.8 Å². The Morgan fingerprint density at radius 3 is 2.58 bits per heavy atom. The van der Waals surface area contributed by atoms with Crippen LogP contribution in [-0.4, -0.2) is 61.0 Å². The molecule has 1 aliphatic heterocycles. The van der Waals surface area contributed by atoms with Gasteiger partial charge in [0.05, 0.1) is 25.3 Å². The molecule has 2 heterocycles. The van der Waals surface area contributed by atoms with Gasteiger partial charge in [-0.15, -0.1) is 0 Å². The second-order valence-corrected chi connectivity index (χ2v) is 8.47. The van der Waals surface area contributed by atoms with E-state index < -0.39 is 0 Å². The number of anilines is 3. The van der Waals surface area contributed by atoms with Crippen LogP contribution in [-0.2, 0) is 16.0 Å². The number of rotatable bonds is 7. The van der Waals surface area contributed by atoms with Gasteiger partial charge in [-0.05, 0) is 48.2 Å². The standard InChI is InChI=1S/C24H31N5O2/c1-17(2)22-21(31-3)9-4-18-16-25-24(27-23(18)22)26-19-5-7-20(8-6-19)29-12-10-28(11-13-29)14-15-30/h5-9,15-17,22H,4,10-14H2,1-3H3,(H,25,26,27). The topological polar surface area (TPSA) is 70.6 Å². The second-order valence-electron chi connectivity index (χ2n) is 8.47. The predicted octanol–water partition coefficient (Wildman–Crippen LogP) is 3.37. The van der Waals surface area contributed by atoms with Crippen LogP contribution in [0.4, 0.5) is 17.3 Å². The number of hydrogen-bond donors (Lipinski definition) is 1. The van der Waals surface area contributed by atoms with Crippen LogP contribution in [0, 0.1) is 5.92 Å². The number of hydrogen-bond acceptors (Lipinski definition) is 7. The summed E-state index contributed by atoms with van der Waals surface area (Å²) in [6.45, 7) is 8.60. The summed E-state index contributed by atoms with van der Waals surface area (Å²) in [4.78, 5) is 24.6. The van der Waals surface area contributed by atoms with Crippen molar-refractivity contribution in [2.45, 2.75) is 26.2 Å². The normalized spacial score (nSPS) is 19.0. The fourth-order valence-corrected chi connectivity index (χ4v) is 4.41. The van der Waals surface area contributed by atoms with Crippen molar-refractivity contribution in [3.05, 3.63) is 53.6 Å². The van der Waals surface area contributed by atoms with Gasteiger partial charge in [0.2, 0.25) is 5.95 Å². The van der Waals surface area contributed by atoms with E-state index in [9.17, 15) is 4.79 Å². The minimum Gasteiger partial charge on any atom is -0.501 e. The Balaban J connectivity index is 1.45. The number of carbonyl (C=O) groups excluding carboxylic acids is 1. The molecule has 1 aromatic heterocycles. The zero-order valence-electron chi connectivity index (χ0n) is 18.5. The highest BCUT2D eigenvalue weighted by atomic mass is 16.5. The molecule has 1 unspecified atom stereocenters. The average molecular weight is 422 g/mol. The summed E-state index contributed by atoms with van der Waals surface area (Å²) in [5.74, 6) is 2.14. The van der Waals surface area contributed by atoms with E-state index >= 15 is 0 Å². The van der Waals surface area contributed by atoms with Crippen molar-refractivity contribution >= 4 is 23.6 Å². The summed E-state index contributed by atoms with van der Waals surface area (Å²) in [6, 6.07) is 8.38. The maximum atomic E-state index is 10.7. The quantitative estimate of drug-likeness (QED) is 0.688. The Hall–Kier alpha value is -2.93. The first-order valence-electron chi connectivity index (χ1n) is 11.0. The number of benzene rings is 1. The molecule has 4 rings (SSSR count). The Morgan fingerprint density at radius 1 is 1.19 bits per heavy atom. The Kier molecular flexibility index (Phi) is 6.51. The zero-order valence-corrected chi connectivity index (χ0v) is 18.5. The third-order valence-electron chi connectivity index (χ3n) is 6.12. The van der Waals surface area contributed by atoms with Crippen LogP contribution in [0.5, 0.6) is 0 Å². The van der Waals surface area contributed by atoms with Crippen LogP contribution >= 0.6 is 0 Å². The van der Waals surface area contributed by atoms with Gasteiger partial charge in [0.25, 0.3) is 0 Å². The van der Waals surface area contributed by atoms with Crippen molar-refractivity contribution in [3.63, 3.8) is 0 Å². The monoisotopic (exact) mass is 421 g/mol. The lowest BCUT2D eigenvalue weighted by Crippen LogP contribution is -2.46. The van der Waals surface area contributed by atoms with E-state index in [0.717, 1.165) is 61.6 Å². The summed E-state index contributed by atoms with van der Waals surface area (Å²) in [5.41, 5.74) is 4.37. The minimum absolute atomic E-state index is 0.151. The Labute approximate surface area is 184 Å². The second kappa shape index (κ2) is 9.47. The lowest BCUT2D eigenvalue weighted by Gasteiger charge is -2.35. The Bertz CT molecular complexity index is 933. The summed E-state index contributed by atoms with van der Waals surface area (Å²) in [5, 5.41) is 3.35. The molecule has 7 nitrogen and oxygen atoms in total. The first kappa shape index (κ1) is 21.3. The van der Waals surface area contributed by atoms with Crippen molar-refractivity contribution in [3.8, 4) is 0 Å². The number of carbonyl (C=O) groups is 1. The summed E-state index contributed by atoms with van der Waals surface area (Å²) in [6.07, 6.45) is 5.85. The molecule has 0 amide bonds. The predicted molar refractivity (Wildman–Crippen MR) is 123 cm³/mol. The fraction of sp³-hybridized carbons (Fsp3) is 0.458. The summed E-state index contributed by atoms with van der Waals surface area (Å²) in [7, 11) is 1.73. The highest BCUT2D eigenvalue weighted by Crippen LogP contribution is 2.37. The van der Waals surface area contributed by atoms with Gasteiger partial charge in [0.1, 0.15) is 12.0 Å². The molecular weight excluding hydrogens is 390 g/mol. The molecule has 1 aromatic carbocycles. The van der Waals surface area contributed by atoms with E-state index in [2.05, 4.69) is 64.3 Å². The van der Waals surface area contributed by atoms with Crippen LogP contribution in [0.25, 0.3) is 0 Å². The van der Waals surface area contributed by atoms with Gasteiger partial charge < -0.3 is 19.7 Å². The van der Waals surface area contributed by atoms with E-state index in [1.807, 2.05) is 6.20 Å². The largest absolute Gasteiger partial charge is 0.501 e. The molecule has 1 fully saturated rings. The fourth-order valence-electron chi connectivity index (χ4n) is 4.41. The molecule has 1 saturated heterocycles. The molecule has 0 bridgehead atoms. The molecule has 0 saturated carbocycles. The van der Waals surface area contributed by atoms with Crippen molar-refractivity contribution in [2.75, 3.05) is 50.1 Å². The van der Waals surface area contributed by atoms with Gasteiger partial charge in [-0.2, -0.15) is 0 Å². The SMILES string of the molecule is COC1=CCc2cnc(Nc3ccc(N4CCN(CC=O)CC4)cc3)nc2C1C(C)C. The number of nitrogens with zero attached hydrogens (tertiary/aromatic N) is 4. The lowest BCUT2D eigenvalue weighted by atomic mass is 9.83. The number of aromatic nitrogens is 2. The number of piperazine rings is 1. The molecule has 1 aliphatic carbocycles. The molecule has 2 aromatic rings. The summed E-state index contributed by atoms with van der Waals surface area (Å²) < 4.78 is 5.63. The summed E-state index contributed by atoms with van der Waals surface area (Å²) >= 11 is 0. The van der Waals surface area contributed by atoms with Gasteiger partial charge in [-0.25, -0.2) is 9.97 Å². The highest BCUT2D eigenvalue weighted by molar-refractivity contribution is 5.60. The van der Waals surface area contributed by atoms with Crippen LogP contribution in [0.15, 0.2) is 42.3 Å². The van der Waals surface area contributed by atoms with Gasteiger partial charge in [-0.3, -0.25) is 4.90 Å². The number of fused-ring (bicyclic) bond motifs is 1. The molecule has 0 radical (unpaired) electrons. The van der Waals surface area contributed by atoms with E-state index in [-0.39, 0.29) is 5.92 Å². The van der Waals surface area contributed by atoms with Crippen LogP contribution in [0.1, 0.15) is 31.0 Å². The number of allylic oxidation sites excluding steroid dienone is 2. The van der Waals surface area contributed by atoms with Gasteiger partial charge in [0.15, 0.2) is 0 Å². The molecular formula is C24H31N5O2. The number of nitrogens with one attached hydrogen (secondary N) is 1. The van der Waals surface area contributed by atoms with Gasteiger partial charge >= 0.3 is 0 Å². The number of ether oxygens (including phenoxy) is 1. The minimum atomic E-state index is 0.151. The first-order valence-corrected chi connectivity index (χ1v) is 11.0. The van der Waals surface area contributed by atoms with E-state index in [0.29, 0.717) is 18.4 Å². The highest BCUT2D eigenvalue weighted by Gasteiger charge is 2.29. The first-order chi connectivity index (χ1) is 15.1. The Morgan fingerprint density at radius 2 is 1.94 bits per heavy atom. The maximum absolute atomic E-state index is 10.7. The van der Waals surface area contributed by atoms with Crippen molar-refractivity contribution < 1.29 is 9.53 Å². The van der Waals surface area contributed by atoms with Crippen molar-refractivity contribution in [2.24, 2.45) is 5.92 Å². The van der Waals surface area contributed by atoms with Crippen molar-refractivity contribution in [1.82, 2.24) is 14.9 Å².